The first-order valence-electron chi connectivity index (χ1n) is 10.8. The van der Waals surface area contributed by atoms with E-state index in [1.165, 1.54) is 44.8 Å². The van der Waals surface area contributed by atoms with E-state index in [1.807, 2.05) is 0 Å². The molecule has 0 fully saturated rings. The fourth-order valence-electron chi connectivity index (χ4n) is 3.86. The zero-order valence-electron chi connectivity index (χ0n) is 18.8. The second-order valence-corrected chi connectivity index (χ2v) is 8.23. The van der Waals surface area contributed by atoms with Crippen molar-refractivity contribution in [3.63, 3.8) is 0 Å². The molecular formula is C30H29N. The Morgan fingerprint density at radius 3 is 1.71 bits per heavy atom. The zero-order chi connectivity index (χ0) is 21.8. The maximum absolute atomic E-state index is 2.32. The van der Waals surface area contributed by atoms with E-state index in [2.05, 4.69) is 136 Å². The van der Waals surface area contributed by atoms with Crippen LogP contribution in [0, 0.1) is 27.7 Å². The van der Waals surface area contributed by atoms with Gasteiger partial charge in [0.15, 0.2) is 0 Å². The smallest absolute Gasteiger partial charge is 0.0464 e. The molecule has 31 heavy (non-hydrogen) atoms. The molecule has 0 radical (unpaired) electrons. The molecule has 0 saturated heterocycles. The summed E-state index contributed by atoms with van der Waals surface area (Å²) in [6.45, 7) is 8.62. The standard InChI is InChI=1S/C30H29N/c1-22-8-5-12-29(20-22)31(30-13-6-9-23(2)21-30)28-18-15-26(16-19-28)14-17-27-11-7-10-24(3)25(27)4/h5-21H,1-4H3. The number of nitrogens with zero attached hydrogens (tertiary/aromatic N) is 1. The van der Waals surface area contributed by atoms with Crippen LogP contribution in [0.25, 0.3) is 12.2 Å². The van der Waals surface area contributed by atoms with Gasteiger partial charge in [-0.1, -0.05) is 66.7 Å². The van der Waals surface area contributed by atoms with Crippen LogP contribution in [-0.4, -0.2) is 0 Å². The van der Waals surface area contributed by atoms with E-state index in [1.54, 1.807) is 0 Å². The number of benzene rings is 4. The number of anilines is 3. The van der Waals surface area contributed by atoms with E-state index < -0.39 is 0 Å². The lowest BCUT2D eigenvalue weighted by Crippen LogP contribution is -2.10. The van der Waals surface area contributed by atoms with Crippen LogP contribution >= 0.6 is 0 Å². The third kappa shape index (κ3) is 4.78. The molecule has 0 atom stereocenters. The molecule has 0 bridgehead atoms. The molecule has 0 aliphatic carbocycles. The average molecular weight is 404 g/mol. The summed E-state index contributed by atoms with van der Waals surface area (Å²) < 4.78 is 0. The van der Waals surface area contributed by atoms with Gasteiger partial charge in [0, 0.05) is 17.1 Å². The van der Waals surface area contributed by atoms with E-state index in [0.717, 1.165) is 5.69 Å². The van der Waals surface area contributed by atoms with Crippen molar-refractivity contribution in [3.05, 3.63) is 124 Å². The van der Waals surface area contributed by atoms with E-state index in [9.17, 15) is 0 Å². The van der Waals surface area contributed by atoms with E-state index in [4.69, 9.17) is 0 Å². The highest BCUT2D eigenvalue weighted by atomic mass is 15.1. The molecule has 0 spiro atoms. The zero-order valence-corrected chi connectivity index (χ0v) is 18.8. The minimum atomic E-state index is 1.15. The van der Waals surface area contributed by atoms with Gasteiger partial charge in [-0.05, 0) is 97.5 Å². The first-order chi connectivity index (χ1) is 15.0. The molecule has 0 aliphatic rings. The Bertz CT molecular complexity index is 1170. The molecule has 4 aromatic carbocycles. The quantitative estimate of drug-likeness (QED) is 0.302. The van der Waals surface area contributed by atoms with Gasteiger partial charge in [-0.3, -0.25) is 0 Å². The minimum Gasteiger partial charge on any atom is -0.310 e. The molecule has 0 aromatic heterocycles. The lowest BCUT2D eigenvalue weighted by molar-refractivity contribution is 1.26. The van der Waals surface area contributed by atoms with Crippen LogP contribution in [0.15, 0.2) is 91.0 Å². The van der Waals surface area contributed by atoms with Crippen molar-refractivity contribution in [2.75, 3.05) is 4.90 Å². The van der Waals surface area contributed by atoms with Gasteiger partial charge in [0.1, 0.15) is 0 Å². The SMILES string of the molecule is Cc1cccc(N(c2ccc(C=Cc3cccc(C)c3C)cc2)c2cccc(C)c2)c1. The van der Waals surface area contributed by atoms with Crippen LogP contribution in [0.5, 0.6) is 0 Å². The molecule has 4 rings (SSSR count). The van der Waals surface area contributed by atoms with Crippen LogP contribution in [-0.2, 0) is 0 Å². The molecule has 4 aromatic rings. The maximum Gasteiger partial charge on any atom is 0.0464 e. The van der Waals surface area contributed by atoms with Crippen molar-refractivity contribution in [2.45, 2.75) is 27.7 Å². The van der Waals surface area contributed by atoms with Crippen molar-refractivity contribution in [2.24, 2.45) is 0 Å². The lowest BCUT2D eigenvalue weighted by atomic mass is 10.0. The highest BCUT2D eigenvalue weighted by Crippen LogP contribution is 2.35. The average Bonchev–Trinajstić information content (AvgIpc) is 2.76. The molecule has 0 aliphatic heterocycles. The van der Waals surface area contributed by atoms with Crippen molar-refractivity contribution < 1.29 is 0 Å². The van der Waals surface area contributed by atoms with E-state index >= 15 is 0 Å². The Morgan fingerprint density at radius 1 is 0.548 bits per heavy atom. The summed E-state index contributed by atoms with van der Waals surface area (Å²) >= 11 is 0. The Labute approximate surface area is 186 Å². The van der Waals surface area contributed by atoms with Crippen LogP contribution in [0.4, 0.5) is 17.1 Å². The summed E-state index contributed by atoms with van der Waals surface area (Å²) in [4.78, 5) is 2.32. The van der Waals surface area contributed by atoms with Gasteiger partial charge >= 0.3 is 0 Å². The third-order valence-corrected chi connectivity index (χ3v) is 5.77. The predicted octanol–water partition coefficient (Wildman–Crippen LogP) is 8.56. The Kier molecular flexibility index (Phi) is 6.04. The molecule has 0 amide bonds. The molecule has 0 unspecified atom stereocenters. The Hall–Kier alpha value is -3.58. The predicted molar refractivity (Wildman–Crippen MR) is 135 cm³/mol. The minimum absolute atomic E-state index is 1.15. The van der Waals surface area contributed by atoms with Gasteiger partial charge in [-0.15, -0.1) is 0 Å². The second kappa shape index (κ2) is 9.06. The van der Waals surface area contributed by atoms with E-state index in [-0.39, 0.29) is 0 Å². The van der Waals surface area contributed by atoms with Crippen LogP contribution < -0.4 is 4.90 Å². The van der Waals surface area contributed by atoms with E-state index in [0.29, 0.717) is 0 Å². The van der Waals surface area contributed by atoms with Crippen molar-refractivity contribution >= 4 is 29.2 Å². The highest BCUT2D eigenvalue weighted by Gasteiger charge is 2.12. The van der Waals surface area contributed by atoms with Crippen LogP contribution in [0.1, 0.15) is 33.4 Å². The summed E-state index contributed by atoms with van der Waals surface area (Å²) in [5.41, 5.74) is 11.1. The van der Waals surface area contributed by atoms with Crippen LogP contribution in [0.2, 0.25) is 0 Å². The van der Waals surface area contributed by atoms with Gasteiger partial charge in [0.2, 0.25) is 0 Å². The maximum atomic E-state index is 2.32. The number of rotatable bonds is 5. The fourth-order valence-corrected chi connectivity index (χ4v) is 3.86. The lowest BCUT2D eigenvalue weighted by Gasteiger charge is -2.26. The normalized spacial score (nSPS) is 11.1. The molecule has 1 nitrogen and oxygen atoms in total. The molecule has 1 heteroatoms. The summed E-state index contributed by atoms with van der Waals surface area (Å²) in [5.74, 6) is 0. The highest BCUT2D eigenvalue weighted by molar-refractivity contribution is 5.78. The van der Waals surface area contributed by atoms with Crippen molar-refractivity contribution in [1.82, 2.24) is 0 Å². The van der Waals surface area contributed by atoms with Gasteiger partial charge < -0.3 is 4.90 Å². The largest absolute Gasteiger partial charge is 0.310 e. The first-order valence-corrected chi connectivity index (χ1v) is 10.8. The van der Waals surface area contributed by atoms with Gasteiger partial charge in [0.25, 0.3) is 0 Å². The molecule has 0 N–H and O–H groups in total. The van der Waals surface area contributed by atoms with Crippen molar-refractivity contribution in [1.29, 1.82) is 0 Å². The number of aryl methyl sites for hydroxylation is 3. The Balaban J connectivity index is 1.68. The summed E-state index contributed by atoms with van der Waals surface area (Å²) in [6, 6.07) is 32.6. The summed E-state index contributed by atoms with van der Waals surface area (Å²) in [7, 11) is 0. The van der Waals surface area contributed by atoms with Gasteiger partial charge in [0.05, 0.1) is 0 Å². The molecule has 154 valence electrons. The first kappa shape index (κ1) is 20.7. The number of hydrogen-bond acceptors (Lipinski definition) is 1. The fraction of sp³-hybridized carbons (Fsp3) is 0.133. The summed E-state index contributed by atoms with van der Waals surface area (Å²) in [5, 5.41) is 0. The topological polar surface area (TPSA) is 3.24 Å². The Morgan fingerprint density at radius 2 is 1.13 bits per heavy atom. The summed E-state index contributed by atoms with van der Waals surface area (Å²) in [6.07, 6.45) is 4.39. The second-order valence-electron chi connectivity index (χ2n) is 8.23. The van der Waals surface area contributed by atoms with Gasteiger partial charge in [-0.2, -0.15) is 0 Å². The molecular weight excluding hydrogens is 374 g/mol. The number of hydrogen-bond donors (Lipinski definition) is 0. The van der Waals surface area contributed by atoms with Crippen LogP contribution in [0.3, 0.4) is 0 Å². The molecule has 0 heterocycles. The van der Waals surface area contributed by atoms with Gasteiger partial charge in [-0.25, -0.2) is 0 Å². The third-order valence-electron chi connectivity index (χ3n) is 5.77. The monoisotopic (exact) mass is 403 g/mol. The van der Waals surface area contributed by atoms with Crippen molar-refractivity contribution in [3.8, 4) is 0 Å². The molecule has 0 saturated carbocycles.